The Kier molecular flexibility index (Phi) is 23.0. The van der Waals surface area contributed by atoms with E-state index in [1.807, 2.05) is 0 Å². The summed E-state index contributed by atoms with van der Waals surface area (Å²) in [6.45, 7) is 0. The van der Waals surface area contributed by atoms with E-state index in [1.54, 1.807) is 0 Å². The van der Waals surface area contributed by atoms with Gasteiger partial charge in [-0.3, -0.25) is 0 Å². The third-order valence-corrected chi connectivity index (χ3v) is 1.20. The quantitative estimate of drug-likeness (QED) is 0.416. The molecule has 0 bridgehead atoms. The summed E-state index contributed by atoms with van der Waals surface area (Å²) in [5.41, 5.74) is 0. The first-order valence-electron chi connectivity index (χ1n) is 2.01. The van der Waals surface area contributed by atoms with E-state index in [1.165, 1.54) is 0 Å². The fourth-order valence-electron chi connectivity index (χ4n) is 0.343. The molecule has 0 radical (unpaired) electrons. The Morgan fingerprint density at radius 3 is 0.917 bits per heavy atom. The summed E-state index contributed by atoms with van der Waals surface area (Å²) < 4.78 is 0. The molecule has 1 heterocycles. The predicted molar refractivity (Wildman–Crippen MR) is 63.0 cm³/mol. The maximum absolute atomic E-state index is 3.86. The van der Waals surface area contributed by atoms with Gasteiger partial charge in [-0.2, -0.15) is 15.0 Å². The van der Waals surface area contributed by atoms with Gasteiger partial charge in [-0.15, -0.1) is 37.9 Å². The number of rotatable bonds is 0. The van der Waals surface area contributed by atoms with E-state index in [0.717, 1.165) is 0 Å². The van der Waals surface area contributed by atoms with E-state index in [0.29, 0.717) is 15.5 Å². The molecule has 0 unspecified atom stereocenters. The van der Waals surface area contributed by atoms with E-state index in [9.17, 15) is 0 Å². The summed E-state index contributed by atoms with van der Waals surface area (Å²) >= 11 is 11.6. The van der Waals surface area contributed by atoms with Gasteiger partial charge in [-0.1, -0.05) is 0 Å². The van der Waals surface area contributed by atoms with Crippen LogP contribution < -0.4 is 0 Å². The summed E-state index contributed by atoms with van der Waals surface area (Å²) in [7, 11) is 0. The molecule has 0 aromatic carbocycles. The van der Waals surface area contributed by atoms with Gasteiger partial charge in [0.1, 0.15) is 0 Å². The first kappa shape index (κ1) is 22.2. The molecule has 0 aliphatic heterocycles. The Balaban J connectivity index is -0.000000270. The van der Waals surface area contributed by atoms with Crippen molar-refractivity contribution in [3.8, 4) is 0 Å². The van der Waals surface area contributed by atoms with Crippen LogP contribution in [0.2, 0.25) is 0 Å². The van der Waals surface area contributed by atoms with Crippen molar-refractivity contribution >= 4 is 192 Å². The Hall–Kier alpha value is 4.97. The van der Waals surface area contributed by atoms with Crippen LogP contribution in [0.5, 0.6) is 0 Å². The molecule has 0 fully saturated rings. The van der Waals surface area contributed by atoms with Gasteiger partial charge in [0.15, 0.2) is 15.5 Å². The van der Waals surface area contributed by atoms with Crippen LogP contribution in [0.3, 0.4) is 0 Å². The van der Waals surface area contributed by atoms with Crippen LogP contribution in [-0.4, -0.2) is 169 Å². The SMILES string of the molecule is Sc1nc(S)nc(S)n1.[KH].[KH].[KH]. The van der Waals surface area contributed by atoms with E-state index < -0.39 is 0 Å². The van der Waals surface area contributed by atoms with Crippen molar-refractivity contribution in [2.24, 2.45) is 0 Å². The summed E-state index contributed by atoms with van der Waals surface area (Å²) in [6.07, 6.45) is 0. The fraction of sp³-hybridized carbons (Fsp3) is 0. The second-order valence-electron chi connectivity index (χ2n) is 1.24. The molecule has 1 aromatic rings. The van der Waals surface area contributed by atoms with Crippen LogP contribution >= 0.6 is 37.9 Å². The molecule has 3 nitrogen and oxygen atoms in total. The second kappa shape index (κ2) is 12.4. The Labute approximate surface area is 215 Å². The Morgan fingerprint density at radius 1 is 0.583 bits per heavy atom. The van der Waals surface area contributed by atoms with Crippen LogP contribution in [0.1, 0.15) is 0 Å². The average molecular weight is 298 g/mol. The molecule has 0 spiro atoms. The molecule has 0 atom stereocenters. The first-order chi connectivity index (χ1) is 4.18. The molecule has 0 aliphatic carbocycles. The van der Waals surface area contributed by atoms with Crippen molar-refractivity contribution < 1.29 is 0 Å². The van der Waals surface area contributed by atoms with Crippen molar-refractivity contribution in [2.45, 2.75) is 15.5 Å². The van der Waals surface area contributed by atoms with Gasteiger partial charge in [0.05, 0.1) is 0 Å². The minimum absolute atomic E-state index is 0. The normalized spacial score (nSPS) is 7.25. The van der Waals surface area contributed by atoms with Crippen molar-refractivity contribution in [3.63, 3.8) is 0 Å². The first-order valence-corrected chi connectivity index (χ1v) is 3.35. The van der Waals surface area contributed by atoms with Crippen molar-refractivity contribution in [3.05, 3.63) is 0 Å². The van der Waals surface area contributed by atoms with Gasteiger partial charge in [0.2, 0.25) is 0 Å². The van der Waals surface area contributed by atoms with Gasteiger partial charge < -0.3 is 0 Å². The van der Waals surface area contributed by atoms with Crippen LogP contribution in [0.4, 0.5) is 0 Å². The second-order valence-corrected chi connectivity index (χ2v) is 2.44. The molecule has 0 aliphatic rings. The molecular formula is C3H6K3N3S3. The fourth-order valence-corrected chi connectivity index (χ4v) is 1.15. The zero-order valence-corrected chi connectivity index (χ0v) is 6.87. The topological polar surface area (TPSA) is 38.7 Å². The molecule has 0 amide bonds. The van der Waals surface area contributed by atoms with Crippen molar-refractivity contribution in [2.75, 3.05) is 0 Å². The number of aromatic nitrogens is 3. The van der Waals surface area contributed by atoms with Crippen LogP contribution in [0.25, 0.3) is 0 Å². The van der Waals surface area contributed by atoms with Crippen molar-refractivity contribution in [1.29, 1.82) is 0 Å². The summed E-state index contributed by atoms with van der Waals surface area (Å²) in [6, 6.07) is 0. The third-order valence-electron chi connectivity index (χ3n) is 0.600. The molecular weight excluding hydrogens is 292 g/mol. The summed E-state index contributed by atoms with van der Waals surface area (Å²) in [4.78, 5) is 11.1. The summed E-state index contributed by atoms with van der Waals surface area (Å²) in [5.74, 6) is 0. The molecule has 12 heavy (non-hydrogen) atoms. The Bertz CT molecular complexity index is 185. The van der Waals surface area contributed by atoms with Crippen molar-refractivity contribution in [1.82, 2.24) is 15.0 Å². The zero-order chi connectivity index (χ0) is 6.85. The molecule has 0 N–H and O–H groups in total. The van der Waals surface area contributed by atoms with Gasteiger partial charge in [-0.05, 0) is 0 Å². The molecule has 9 heteroatoms. The molecule has 0 saturated carbocycles. The van der Waals surface area contributed by atoms with Gasteiger partial charge in [0.25, 0.3) is 0 Å². The molecule has 1 rings (SSSR count). The molecule has 1 aromatic heterocycles. The Morgan fingerprint density at radius 2 is 0.750 bits per heavy atom. The van der Waals surface area contributed by atoms with E-state index in [2.05, 4.69) is 52.8 Å². The third kappa shape index (κ3) is 10.1. The number of thiol groups is 3. The maximum atomic E-state index is 3.86. The van der Waals surface area contributed by atoms with Crippen LogP contribution in [0.15, 0.2) is 15.5 Å². The zero-order valence-electron chi connectivity index (χ0n) is 4.18. The minimum atomic E-state index is 0. The number of hydrogen-bond donors (Lipinski definition) is 3. The number of nitrogens with zero attached hydrogens (tertiary/aromatic N) is 3. The number of hydrogen-bond acceptors (Lipinski definition) is 6. The van der Waals surface area contributed by atoms with E-state index in [-0.39, 0.29) is 154 Å². The summed E-state index contributed by atoms with van der Waals surface area (Å²) in [5, 5.41) is 1.00. The van der Waals surface area contributed by atoms with Crippen LogP contribution in [0, 0.1) is 0 Å². The van der Waals surface area contributed by atoms with Gasteiger partial charge >= 0.3 is 154 Å². The molecule has 54 valence electrons. The predicted octanol–water partition coefficient (Wildman–Crippen LogP) is -1.21. The van der Waals surface area contributed by atoms with Gasteiger partial charge in [-0.25, -0.2) is 0 Å². The van der Waals surface area contributed by atoms with Gasteiger partial charge in [0, 0.05) is 0 Å². The monoisotopic (exact) mass is 297 g/mol. The van der Waals surface area contributed by atoms with Crippen LogP contribution in [-0.2, 0) is 0 Å². The molecule has 0 saturated heterocycles. The van der Waals surface area contributed by atoms with E-state index in [4.69, 9.17) is 0 Å². The average Bonchev–Trinajstić information content (AvgIpc) is 1.59. The van der Waals surface area contributed by atoms with E-state index >= 15 is 0 Å². The standard InChI is InChI=1S/C3H3N3S3.3K.3H/c7-1-4-2(8)6-3(9)5-1;;;;;;/h(H3,4,5,6,7,8,9);;;;;;.